The highest BCUT2D eigenvalue weighted by Gasteiger charge is 2.08. The number of hydrogen-bond donors (Lipinski definition) is 0. The van der Waals surface area contributed by atoms with Crippen LogP contribution in [-0.4, -0.2) is 18.2 Å². The number of methoxy groups -OCH3 is 1. The third kappa shape index (κ3) is 2.18. The molecule has 20 heavy (non-hydrogen) atoms. The number of carbonyl (C=O) groups excluding carboxylic acids is 1. The van der Waals surface area contributed by atoms with Gasteiger partial charge in [0.15, 0.2) is 5.58 Å². The molecule has 0 fully saturated rings. The predicted octanol–water partition coefficient (Wildman–Crippen LogP) is 3.47. The van der Waals surface area contributed by atoms with Crippen molar-refractivity contribution in [3.05, 3.63) is 42.5 Å². The number of nitrogens with zero attached hydrogens (tertiary/aromatic N) is 2. The third-order valence-corrected chi connectivity index (χ3v) is 2.88. The summed E-state index contributed by atoms with van der Waals surface area (Å²) in [5, 5.41) is 0. The largest absolute Gasteiger partial charge is 0.497 e. The number of aliphatic imine (C=N–C) groups is 1. The van der Waals surface area contributed by atoms with Gasteiger partial charge in [0, 0.05) is 5.56 Å². The molecule has 0 aliphatic carbocycles. The average Bonchev–Trinajstić information content (AvgIpc) is 2.91. The summed E-state index contributed by atoms with van der Waals surface area (Å²) in [6.07, 6.45) is 1.50. The summed E-state index contributed by atoms with van der Waals surface area (Å²) in [4.78, 5) is 18.2. The lowest BCUT2D eigenvalue weighted by molar-refractivity contribution is 0.415. The molecule has 98 valence electrons. The normalized spacial score (nSPS) is 10.2. The highest BCUT2D eigenvalue weighted by atomic mass is 16.5. The maximum absolute atomic E-state index is 10.3. The van der Waals surface area contributed by atoms with Gasteiger partial charge in [-0.2, -0.15) is 4.99 Å². The number of aromatic nitrogens is 1. The maximum atomic E-state index is 10.3. The highest BCUT2D eigenvalue weighted by Crippen LogP contribution is 2.27. The van der Waals surface area contributed by atoms with Crippen molar-refractivity contribution < 1.29 is 13.9 Å². The zero-order chi connectivity index (χ0) is 13.9. The van der Waals surface area contributed by atoms with Crippen LogP contribution in [0.25, 0.3) is 22.6 Å². The molecule has 5 heteroatoms. The fraction of sp³-hybridized carbons (Fsp3) is 0.0667. The molecule has 0 atom stereocenters. The first-order chi connectivity index (χ1) is 9.80. The van der Waals surface area contributed by atoms with Gasteiger partial charge in [-0.05, 0) is 42.5 Å². The summed E-state index contributed by atoms with van der Waals surface area (Å²) in [5.41, 5.74) is 2.64. The van der Waals surface area contributed by atoms with Crippen molar-refractivity contribution in [1.29, 1.82) is 0 Å². The quantitative estimate of drug-likeness (QED) is 0.537. The maximum Gasteiger partial charge on any atom is 0.240 e. The van der Waals surface area contributed by atoms with E-state index in [4.69, 9.17) is 9.15 Å². The van der Waals surface area contributed by atoms with Gasteiger partial charge in [0.2, 0.25) is 12.0 Å². The number of oxazole rings is 1. The van der Waals surface area contributed by atoms with E-state index in [2.05, 4.69) is 9.98 Å². The lowest BCUT2D eigenvalue weighted by Crippen LogP contribution is -1.82. The Morgan fingerprint density at radius 1 is 1.20 bits per heavy atom. The Morgan fingerprint density at radius 2 is 2.00 bits per heavy atom. The SMILES string of the molecule is COc1ccc(-c2nc3cc(N=C=O)ccc3o2)cc1. The monoisotopic (exact) mass is 266 g/mol. The Kier molecular flexibility index (Phi) is 3.03. The molecule has 0 saturated heterocycles. The van der Waals surface area contributed by atoms with Gasteiger partial charge in [-0.15, -0.1) is 0 Å². The minimum absolute atomic E-state index is 0.502. The van der Waals surface area contributed by atoms with E-state index in [0.717, 1.165) is 11.3 Å². The Hall–Kier alpha value is -2.91. The summed E-state index contributed by atoms with van der Waals surface area (Å²) < 4.78 is 10.8. The molecule has 0 N–H and O–H groups in total. The van der Waals surface area contributed by atoms with E-state index in [-0.39, 0.29) is 0 Å². The summed E-state index contributed by atoms with van der Waals surface area (Å²) in [6, 6.07) is 12.5. The fourth-order valence-corrected chi connectivity index (χ4v) is 1.90. The molecule has 3 aromatic rings. The number of ether oxygens (including phenoxy) is 1. The molecule has 0 bridgehead atoms. The summed E-state index contributed by atoms with van der Waals surface area (Å²) in [5.74, 6) is 1.28. The van der Waals surface area contributed by atoms with Gasteiger partial charge in [0.1, 0.15) is 11.3 Å². The number of isocyanates is 1. The van der Waals surface area contributed by atoms with Crippen molar-refractivity contribution in [2.75, 3.05) is 7.11 Å². The van der Waals surface area contributed by atoms with Gasteiger partial charge < -0.3 is 9.15 Å². The van der Waals surface area contributed by atoms with E-state index in [1.54, 1.807) is 25.3 Å². The topological polar surface area (TPSA) is 64.7 Å². The van der Waals surface area contributed by atoms with Crippen LogP contribution in [-0.2, 0) is 4.79 Å². The fourth-order valence-electron chi connectivity index (χ4n) is 1.90. The standard InChI is InChI=1S/C15H10N2O3/c1-19-12-5-2-10(3-6-12)15-17-13-8-11(16-9-18)4-7-14(13)20-15/h2-8H,1H3. The summed E-state index contributed by atoms with van der Waals surface area (Å²) in [6.45, 7) is 0. The summed E-state index contributed by atoms with van der Waals surface area (Å²) in [7, 11) is 1.61. The minimum Gasteiger partial charge on any atom is -0.497 e. The third-order valence-electron chi connectivity index (χ3n) is 2.88. The number of rotatable bonds is 3. The van der Waals surface area contributed by atoms with Crippen LogP contribution < -0.4 is 4.74 Å². The molecule has 0 radical (unpaired) electrons. The van der Waals surface area contributed by atoms with E-state index in [1.807, 2.05) is 24.3 Å². The molecule has 5 nitrogen and oxygen atoms in total. The van der Waals surface area contributed by atoms with Crippen LogP contribution in [0.2, 0.25) is 0 Å². The molecule has 0 unspecified atom stereocenters. The molecule has 1 heterocycles. The molecule has 0 spiro atoms. The van der Waals surface area contributed by atoms with Crippen LogP contribution in [0.15, 0.2) is 51.9 Å². The smallest absolute Gasteiger partial charge is 0.240 e. The van der Waals surface area contributed by atoms with Crippen molar-refractivity contribution in [2.45, 2.75) is 0 Å². The Morgan fingerprint density at radius 3 is 2.70 bits per heavy atom. The van der Waals surface area contributed by atoms with Gasteiger partial charge in [0.05, 0.1) is 12.8 Å². The number of fused-ring (bicyclic) bond motifs is 1. The van der Waals surface area contributed by atoms with Crippen molar-refractivity contribution >= 4 is 22.9 Å². The van der Waals surface area contributed by atoms with Crippen LogP contribution in [0.5, 0.6) is 5.75 Å². The second-order valence-corrected chi connectivity index (χ2v) is 4.10. The first-order valence-electron chi connectivity index (χ1n) is 5.93. The number of benzene rings is 2. The van der Waals surface area contributed by atoms with Gasteiger partial charge in [-0.1, -0.05) is 0 Å². The lowest BCUT2D eigenvalue weighted by atomic mass is 10.2. The molecule has 3 rings (SSSR count). The Balaban J connectivity index is 2.05. The van der Waals surface area contributed by atoms with E-state index in [0.29, 0.717) is 22.7 Å². The first kappa shape index (κ1) is 12.1. The second kappa shape index (κ2) is 4.99. The van der Waals surface area contributed by atoms with E-state index < -0.39 is 0 Å². The molecule has 0 aliphatic heterocycles. The van der Waals surface area contributed by atoms with Crippen LogP contribution in [0.1, 0.15) is 0 Å². The highest BCUT2D eigenvalue weighted by molar-refractivity contribution is 5.79. The van der Waals surface area contributed by atoms with Crippen LogP contribution in [0.3, 0.4) is 0 Å². The average molecular weight is 266 g/mol. The molecule has 0 amide bonds. The van der Waals surface area contributed by atoms with Crippen molar-refractivity contribution in [1.82, 2.24) is 4.98 Å². The number of hydrogen-bond acceptors (Lipinski definition) is 5. The molecule has 1 aromatic heterocycles. The first-order valence-corrected chi connectivity index (χ1v) is 5.93. The Labute approximate surface area is 114 Å². The lowest BCUT2D eigenvalue weighted by Gasteiger charge is -1.99. The van der Waals surface area contributed by atoms with Crippen LogP contribution >= 0.6 is 0 Å². The van der Waals surface area contributed by atoms with Crippen molar-refractivity contribution in [2.24, 2.45) is 4.99 Å². The molecular weight excluding hydrogens is 256 g/mol. The van der Waals surface area contributed by atoms with Crippen LogP contribution in [0.4, 0.5) is 5.69 Å². The van der Waals surface area contributed by atoms with E-state index in [1.165, 1.54) is 6.08 Å². The zero-order valence-corrected chi connectivity index (χ0v) is 10.7. The van der Waals surface area contributed by atoms with Crippen molar-refractivity contribution in [3.63, 3.8) is 0 Å². The molecule has 2 aromatic carbocycles. The molecule has 0 aliphatic rings. The van der Waals surface area contributed by atoms with Crippen molar-refractivity contribution in [3.8, 4) is 17.2 Å². The van der Waals surface area contributed by atoms with Gasteiger partial charge in [-0.25, -0.2) is 9.78 Å². The Bertz CT molecular complexity index is 800. The predicted molar refractivity (Wildman–Crippen MR) is 73.8 cm³/mol. The van der Waals surface area contributed by atoms with Gasteiger partial charge >= 0.3 is 0 Å². The second-order valence-electron chi connectivity index (χ2n) is 4.10. The van der Waals surface area contributed by atoms with Gasteiger partial charge in [-0.3, -0.25) is 0 Å². The minimum atomic E-state index is 0.502. The zero-order valence-electron chi connectivity index (χ0n) is 10.7. The molecule has 0 saturated carbocycles. The van der Waals surface area contributed by atoms with E-state index in [9.17, 15) is 4.79 Å². The molecular formula is C15H10N2O3. The van der Waals surface area contributed by atoms with Gasteiger partial charge in [0.25, 0.3) is 0 Å². The van der Waals surface area contributed by atoms with E-state index >= 15 is 0 Å². The van der Waals surface area contributed by atoms with Crippen LogP contribution in [0, 0.1) is 0 Å². The summed E-state index contributed by atoms with van der Waals surface area (Å²) >= 11 is 0.